The van der Waals surface area contributed by atoms with Crippen molar-refractivity contribution in [1.82, 2.24) is 15.5 Å². The van der Waals surface area contributed by atoms with Crippen LogP contribution in [-0.4, -0.2) is 30.5 Å². The van der Waals surface area contributed by atoms with Crippen molar-refractivity contribution in [2.24, 2.45) is 0 Å². The Bertz CT molecular complexity index is 217. The lowest BCUT2D eigenvalue weighted by molar-refractivity contribution is 0.202. The minimum Gasteiger partial charge on any atom is -0.384 e. The molecule has 0 fully saturated rings. The summed E-state index contributed by atoms with van der Waals surface area (Å²) in [5.41, 5.74) is 0. The van der Waals surface area contributed by atoms with Gasteiger partial charge in [-0.3, -0.25) is 0 Å². The average Bonchev–Trinajstić information content (AvgIpc) is 2.59. The van der Waals surface area contributed by atoms with Crippen molar-refractivity contribution in [3.05, 3.63) is 10.0 Å². The van der Waals surface area contributed by atoms with Gasteiger partial charge in [0.05, 0.1) is 6.61 Å². The van der Waals surface area contributed by atoms with Gasteiger partial charge in [0, 0.05) is 20.1 Å². The molecule has 0 saturated heterocycles. The Hall–Kier alpha value is -0.520. The van der Waals surface area contributed by atoms with Gasteiger partial charge < -0.3 is 10.1 Å². The van der Waals surface area contributed by atoms with Gasteiger partial charge >= 0.3 is 0 Å². The first-order chi connectivity index (χ1) is 6.36. The van der Waals surface area contributed by atoms with Gasteiger partial charge in [-0.05, 0) is 6.54 Å². The van der Waals surface area contributed by atoms with Crippen LogP contribution in [-0.2, 0) is 17.7 Å². The Morgan fingerprint density at radius 2 is 2.15 bits per heavy atom. The minimum absolute atomic E-state index is 0.718. The second-order valence-electron chi connectivity index (χ2n) is 2.61. The van der Waals surface area contributed by atoms with Crippen LogP contribution < -0.4 is 5.32 Å². The quantitative estimate of drug-likeness (QED) is 0.741. The normalized spacial score (nSPS) is 10.6. The number of hydrogen-bond donors (Lipinski definition) is 1. The first kappa shape index (κ1) is 10.6. The molecule has 0 unspecified atom stereocenters. The monoisotopic (exact) mass is 201 g/mol. The molecular weight excluding hydrogens is 186 g/mol. The van der Waals surface area contributed by atoms with E-state index in [1.165, 1.54) is 0 Å². The van der Waals surface area contributed by atoms with E-state index in [0.717, 1.165) is 36.1 Å². The van der Waals surface area contributed by atoms with Crippen LogP contribution >= 0.6 is 11.3 Å². The second-order valence-corrected chi connectivity index (χ2v) is 3.76. The van der Waals surface area contributed by atoms with Gasteiger partial charge in [0.15, 0.2) is 0 Å². The third-order valence-electron chi connectivity index (χ3n) is 1.55. The fourth-order valence-electron chi connectivity index (χ4n) is 0.882. The maximum Gasteiger partial charge on any atom is 0.131 e. The molecule has 0 amide bonds. The number of aromatic nitrogens is 2. The number of rotatable bonds is 6. The number of methoxy groups -OCH3 is 1. The summed E-state index contributed by atoms with van der Waals surface area (Å²) in [5.74, 6) is 0. The molecule has 5 heteroatoms. The van der Waals surface area contributed by atoms with Crippen LogP contribution in [0.1, 0.15) is 16.9 Å². The van der Waals surface area contributed by atoms with Gasteiger partial charge in [-0.2, -0.15) is 0 Å². The summed E-state index contributed by atoms with van der Waals surface area (Å²) in [6.07, 6.45) is 0.861. The largest absolute Gasteiger partial charge is 0.384 e. The Morgan fingerprint density at radius 3 is 2.85 bits per heavy atom. The molecule has 0 aromatic carbocycles. The lowest BCUT2D eigenvalue weighted by Crippen LogP contribution is -2.11. The van der Waals surface area contributed by atoms with E-state index in [1.807, 2.05) is 0 Å². The third-order valence-corrected chi connectivity index (χ3v) is 2.54. The fraction of sp³-hybridized carbons (Fsp3) is 0.750. The van der Waals surface area contributed by atoms with Crippen molar-refractivity contribution in [2.75, 3.05) is 20.3 Å². The van der Waals surface area contributed by atoms with Gasteiger partial charge in [0.25, 0.3) is 0 Å². The van der Waals surface area contributed by atoms with Crippen molar-refractivity contribution >= 4 is 11.3 Å². The molecule has 0 aliphatic carbocycles. The maximum atomic E-state index is 4.96. The van der Waals surface area contributed by atoms with Gasteiger partial charge in [0.2, 0.25) is 0 Å². The van der Waals surface area contributed by atoms with Gasteiger partial charge in [0.1, 0.15) is 10.0 Å². The lowest BCUT2D eigenvalue weighted by atomic mass is 10.5. The number of ether oxygens (including phenoxy) is 1. The Kier molecular flexibility index (Phi) is 4.88. The maximum absolute atomic E-state index is 4.96. The Morgan fingerprint density at radius 1 is 1.38 bits per heavy atom. The molecule has 1 rings (SSSR count). The molecule has 1 aromatic rings. The molecule has 13 heavy (non-hydrogen) atoms. The number of hydrogen-bond acceptors (Lipinski definition) is 5. The molecule has 1 N–H and O–H groups in total. The van der Waals surface area contributed by atoms with E-state index in [1.54, 1.807) is 18.4 Å². The zero-order valence-corrected chi connectivity index (χ0v) is 8.86. The van der Waals surface area contributed by atoms with E-state index in [-0.39, 0.29) is 0 Å². The van der Waals surface area contributed by atoms with E-state index in [2.05, 4.69) is 22.4 Å². The minimum atomic E-state index is 0.718. The van der Waals surface area contributed by atoms with E-state index in [4.69, 9.17) is 4.74 Å². The highest BCUT2D eigenvalue weighted by molar-refractivity contribution is 7.11. The van der Waals surface area contributed by atoms with Crippen molar-refractivity contribution in [2.45, 2.75) is 19.9 Å². The second kappa shape index (κ2) is 6.01. The lowest BCUT2D eigenvalue weighted by Gasteiger charge is -1.93. The van der Waals surface area contributed by atoms with E-state index in [0.29, 0.717) is 0 Å². The third kappa shape index (κ3) is 3.80. The summed E-state index contributed by atoms with van der Waals surface area (Å²) in [6, 6.07) is 0. The molecule has 74 valence electrons. The van der Waals surface area contributed by atoms with Crippen molar-refractivity contribution in [3.63, 3.8) is 0 Å². The smallest absolute Gasteiger partial charge is 0.131 e. The fourth-order valence-corrected chi connectivity index (χ4v) is 1.68. The molecule has 0 atom stereocenters. The zero-order valence-electron chi connectivity index (χ0n) is 8.04. The van der Waals surface area contributed by atoms with Crippen LogP contribution in [0.15, 0.2) is 0 Å². The highest BCUT2D eigenvalue weighted by Gasteiger charge is 2.02. The molecule has 0 aliphatic rings. The van der Waals surface area contributed by atoms with E-state index in [9.17, 15) is 0 Å². The predicted octanol–water partition coefficient (Wildman–Crippen LogP) is 0.836. The van der Waals surface area contributed by atoms with Crippen LogP contribution in [0.4, 0.5) is 0 Å². The summed E-state index contributed by atoms with van der Waals surface area (Å²) in [4.78, 5) is 0. The van der Waals surface area contributed by atoms with Crippen molar-refractivity contribution in [3.8, 4) is 0 Å². The standard InChI is InChI=1S/C8H15N3OS/c1-3-9-6-8-11-10-7(13-8)4-5-12-2/h9H,3-6H2,1-2H3. The summed E-state index contributed by atoms with van der Waals surface area (Å²) in [6.45, 7) is 4.58. The predicted molar refractivity (Wildman–Crippen MR) is 52.9 cm³/mol. The Labute approximate surface area is 82.3 Å². The van der Waals surface area contributed by atoms with Crippen LogP contribution in [0.5, 0.6) is 0 Å². The first-order valence-corrected chi connectivity index (χ1v) is 5.19. The van der Waals surface area contributed by atoms with Crippen molar-refractivity contribution in [1.29, 1.82) is 0 Å². The molecule has 0 saturated carbocycles. The molecule has 0 radical (unpaired) electrons. The highest BCUT2D eigenvalue weighted by Crippen LogP contribution is 2.09. The molecule has 1 heterocycles. The molecule has 4 nitrogen and oxygen atoms in total. The summed E-state index contributed by atoms with van der Waals surface area (Å²) in [7, 11) is 1.70. The van der Waals surface area contributed by atoms with Crippen LogP contribution in [0.2, 0.25) is 0 Å². The van der Waals surface area contributed by atoms with E-state index < -0.39 is 0 Å². The molecule has 0 bridgehead atoms. The van der Waals surface area contributed by atoms with Crippen LogP contribution in [0, 0.1) is 0 Å². The Balaban J connectivity index is 2.34. The highest BCUT2D eigenvalue weighted by atomic mass is 32.1. The van der Waals surface area contributed by atoms with E-state index >= 15 is 0 Å². The molecule has 0 spiro atoms. The SMILES string of the molecule is CCNCc1nnc(CCOC)s1. The van der Waals surface area contributed by atoms with Crippen molar-refractivity contribution < 1.29 is 4.74 Å². The van der Waals surface area contributed by atoms with Crippen LogP contribution in [0.3, 0.4) is 0 Å². The topological polar surface area (TPSA) is 47.0 Å². The molecule has 1 aromatic heterocycles. The number of nitrogens with one attached hydrogen (secondary N) is 1. The summed E-state index contributed by atoms with van der Waals surface area (Å²) < 4.78 is 4.96. The number of nitrogens with zero attached hydrogens (tertiary/aromatic N) is 2. The average molecular weight is 201 g/mol. The summed E-state index contributed by atoms with van der Waals surface area (Å²) in [5, 5.41) is 13.4. The molecular formula is C8H15N3OS. The summed E-state index contributed by atoms with van der Waals surface area (Å²) >= 11 is 1.65. The first-order valence-electron chi connectivity index (χ1n) is 4.37. The van der Waals surface area contributed by atoms with Crippen LogP contribution in [0.25, 0.3) is 0 Å². The van der Waals surface area contributed by atoms with Gasteiger partial charge in [-0.1, -0.05) is 6.92 Å². The van der Waals surface area contributed by atoms with Gasteiger partial charge in [-0.15, -0.1) is 21.5 Å². The van der Waals surface area contributed by atoms with Gasteiger partial charge in [-0.25, -0.2) is 0 Å². The zero-order chi connectivity index (χ0) is 9.52. The molecule has 0 aliphatic heterocycles.